The third kappa shape index (κ3) is 5.35. The van der Waals surface area contributed by atoms with Crippen LogP contribution in [0.25, 0.3) is 0 Å². The van der Waals surface area contributed by atoms with Gasteiger partial charge in [-0.3, -0.25) is 14.2 Å². The molecule has 5 rings (SSSR count). The number of aryl methyl sites for hydroxylation is 1. The van der Waals surface area contributed by atoms with Gasteiger partial charge in [0.25, 0.3) is 6.43 Å². The Morgan fingerprint density at radius 1 is 1.24 bits per heavy atom. The maximum absolute atomic E-state index is 14.2. The molecule has 2 aromatic heterocycles. The fourth-order valence-electron chi connectivity index (χ4n) is 5.87. The number of aromatic nitrogens is 4. The number of halogens is 2. The maximum Gasteiger partial charge on any atom is 0.260 e. The predicted molar refractivity (Wildman–Crippen MR) is 138 cm³/mol. The van der Waals surface area contributed by atoms with Crippen molar-refractivity contribution in [2.75, 3.05) is 31.1 Å². The molecule has 3 aliphatic heterocycles. The fourth-order valence-corrected chi connectivity index (χ4v) is 5.87. The van der Waals surface area contributed by atoms with Crippen LogP contribution in [0.2, 0.25) is 0 Å². The van der Waals surface area contributed by atoms with Crippen LogP contribution in [0.15, 0.2) is 35.3 Å². The highest BCUT2D eigenvalue weighted by molar-refractivity contribution is 5.73. The standard InChI is InChI=1S/C27H37F2N7O/c1-18-5-4-10-35(25(18)14-21(26(28)29)13-20-15-31-33(3)17-20)27-23-16-30-9-6-24(23)36(32-27)22-7-11-34(12-8-22)19(2)37/h14-15,17,22,26,30H,4-13,16H2,1-3H3/b21-14+. The van der Waals surface area contributed by atoms with E-state index in [1.165, 1.54) is 11.3 Å². The molecule has 1 N–H and O–H groups in total. The minimum atomic E-state index is -2.55. The van der Waals surface area contributed by atoms with E-state index < -0.39 is 6.43 Å². The lowest BCUT2D eigenvalue weighted by Gasteiger charge is -2.32. The number of alkyl halides is 2. The highest BCUT2D eigenvalue weighted by atomic mass is 19.3. The number of likely N-dealkylation sites (tertiary alicyclic amines) is 1. The maximum atomic E-state index is 14.2. The van der Waals surface area contributed by atoms with Crippen LogP contribution in [0, 0.1) is 0 Å². The lowest BCUT2D eigenvalue weighted by molar-refractivity contribution is -0.130. The molecule has 200 valence electrons. The van der Waals surface area contributed by atoms with Crippen LogP contribution in [0.5, 0.6) is 0 Å². The van der Waals surface area contributed by atoms with Crippen molar-refractivity contribution in [3.8, 4) is 0 Å². The summed E-state index contributed by atoms with van der Waals surface area (Å²) in [5, 5.41) is 12.8. The van der Waals surface area contributed by atoms with Crippen molar-refractivity contribution < 1.29 is 13.6 Å². The molecule has 2 aromatic rings. The molecule has 5 heterocycles. The van der Waals surface area contributed by atoms with Gasteiger partial charge in [0, 0.05) is 88.3 Å². The number of allylic oxidation sites excluding steroid dienone is 3. The molecule has 0 aromatic carbocycles. The van der Waals surface area contributed by atoms with Crippen molar-refractivity contribution >= 4 is 11.7 Å². The Balaban J connectivity index is 1.49. The second-order valence-corrected chi connectivity index (χ2v) is 10.5. The predicted octanol–water partition coefficient (Wildman–Crippen LogP) is 3.75. The average molecular weight is 514 g/mol. The SMILES string of the molecule is CC(=O)N1CCC(n2nc(N3CCCC(C)=C3/C=C(\Cc3cnn(C)c3)C(F)F)c3c2CCNC3)CC1. The second-order valence-electron chi connectivity index (χ2n) is 10.5. The molecule has 0 unspecified atom stereocenters. The molecule has 37 heavy (non-hydrogen) atoms. The summed E-state index contributed by atoms with van der Waals surface area (Å²) in [6, 6.07) is 0.243. The first-order valence-electron chi connectivity index (χ1n) is 13.3. The Bertz CT molecular complexity index is 1200. The van der Waals surface area contributed by atoms with Crippen molar-refractivity contribution in [3.05, 3.63) is 52.1 Å². The minimum Gasteiger partial charge on any atom is -0.343 e. The van der Waals surface area contributed by atoms with Crippen molar-refractivity contribution in [2.24, 2.45) is 7.05 Å². The van der Waals surface area contributed by atoms with Gasteiger partial charge in [-0.15, -0.1) is 0 Å². The van der Waals surface area contributed by atoms with Crippen molar-refractivity contribution in [1.82, 2.24) is 29.8 Å². The van der Waals surface area contributed by atoms with Gasteiger partial charge in [-0.1, -0.05) is 0 Å². The average Bonchev–Trinajstić information content (AvgIpc) is 3.48. The van der Waals surface area contributed by atoms with E-state index in [-0.39, 0.29) is 23.9 Å². The van der Waals surface area contributed by atoms with Crippen molar-refractivity contribution in [3.63, 3.8) is 0 Å². The number of amides is 1. The Morgan fingerprint density at radius 2 is 2.03 bits per heavy atom. The lowest BCUT2D eigenvalue weighted by atomic mass is 9.98. The lowest BCUT2D eigenvalue weighted by Crippen LogP contribution is -2.38. The first-order valence-corrected chi connectivity index (χ1v) is 13.3. The Labute approximate surface area is 217 Å². The van der Waals surface area contributed by atoms with Crippen LogP contribution >= 0.6 is 0 Å². The first kappa shape index (κ1) is 25.6. The number of rotatable bonds is 6. The van der Waals surface area contributed by atoms with Crippen LogP contribution in [0.4, 0.5) is 14.6 Å². The first-order chi connectivity index (χ1) is 17.8. The summed E-state index contributed by atoms with van der Waals surface area (Å²) in [5.74, 6) is 1.01. The van der Waals surface area contributed by atoms with Crippen LogP contribution in [-0.2, 0) is 31.2 Å². The molecular weight excluding hydrogens is 476 g/mol. The van der Waals surface area contributed by atoms with E-state index in [1.807, 2.05) is 11.8 Å². The van der Waals surface area contributed by atoms with Crippen molar-refractivity contribution in [1.29, 1.82) is 0 Å². The Kier molecular flexibility index (Phi) is 7.46. The number of carbonyl (C=O) groups is 1. The van der Waals surface area contributed by atoms with Gasteiger partial charge in [0.15, 0.2) is 5.82 Å². The molecule has 0 spiro atoms. The molecule has 0 bridgehead atoms. The zero-order valence-corrected chi connectivity index (χ0v) is 22.0. The summed E-state index contributed by atoms with van der Waals surface area (Å²) in [6.45, 7) is 7.52. The molecule has 1 amide bonds. The van der Waals surface area contributed by atoms with E-state index in [4.69, 9.17) is 5.10 Å². The fraction of sp³-hybridized carbons (Fsp3) is 0.593. The van der Waals surface area contributed by atoms with Gasteiger partial charge < -0.3 is 15.1 Å². The van der Waals surface area contributed by atoms with Gasteiger partial charge in [-0.2, -0.15) is 10.2 Å². The summed E-state index contributed by atoms with van der Waals surface area (Å²) < 4.78 is 32.3. The molecule has 8 nitrogen and oxygen atoms in total. The van der Waals surface area contributed by atoms with E-state index in [0.29, 0.717) is 0 Å². The van der Waals surface area contributed by atoms with Gasteiger partial charge in [-0.25, -0.2) is 8.78 Å². The summed E-state index contributed by atoms with van der Waals surface area (Å²) in [5.41, 5.74) is 5.24. The number of nitrogens with zero attached hydrogens (tertiary/aromatic N) is 6. The summed E-state index contributed by atoms with van der Waals surface area (Å²) in [7, 11) is 1.79. The highest BCUT2D eigenvalue weighted by Crippen LogP contribution is 2.37. The molecule has 0 saturated carbocycles. The van der Waals surface area contributed by atoms with E-state index in [1.54, 1.807) is 37.1 Å². The molecular formula is C27H37F2N7O. The number of piperidine rings is 1. The minimum absolute atomic E-state index is 0.0947. The van der Waals surface area contributed by atoms with E-state index in [0.717, 1.165) is 87.5 Å². The monoisotopic (exact) mass is 513 g/mol. The quantitative estimate of drug-likeness (QED) is 0.637. The number of carbonyl (C=O) groups excluding carboxylic acids is 1. The number of fused-ring (bicyclic) bond motifs is 1. The van der Waals surface area contributed by atoms with Gasteiger partial charge >= 0.3 is 0 Å². The van der Waals surface area contributed by atoms with Crippen LogP contribution in [0.3, 0.4) is 0 Å². The van der Waals surface area contributed by atoms with Gasteiger partial charge in [0.05, 0.1) is 12.2 Å². The topological polar surface area (TPSA) is 71.2 Å². The largest absolute Gasteiger partial charge is 0.343 e. The molecule has 10 heteroatoms. The molecule has 1 saturated heterocycles. The van der Waals surface area contributed by atoms with Gasteiger partial charge in [0.2, 0.25) is 5.91 Å². The number of anilines is 1. The van der Waals surface area contributed by atoms with E-state index in [9.17, 15) is 13.6 Å². The van der Waals surface area contributed by atoms with Crippen LogP contribution < -0.4 is 10.2 Å². The Hall–Kier alpha value is -3.01. The number of nitrogens with one attached hydrogen (secondary N) is 1. The third-order valence-corrected chi connectivity index (χ3v) is 7.88. The normalized spacial score (nSPS) is 19.7. The van der Waals surface area contributed by atoms with Crippen molar-refractivity contribution in [2.45, 2.75) is 71.4 Å². The summed E-state index contributed by atoms with van der Waals surface area (Å²) in [4.78, 5) is 15.9. The highest BCUT2D eigenvalue weighted by Gasteiger charge is 2.32. The molecule has 1 fully saturated rings. The molecule has 0 atom stereocenters. The number of hydrogen-bond donors (Lipinski definition) is 1. The second kappa shape index (κ2) is 10.8. The molecule has 3 aliphatic rings. The summed E-state index contributed by atoms with van der Waals surface area (Å²) >= 11 is 0. The van der Waals surface area contributed by atoms with Gasteiger partial charge in [0.1, 0.15) is 0 Å². The summed E-state index contributed by atoms with van der Waals surface area (Å²) in [6.07, 6.45) is 7.24. The zero-order valence-electron chi connectivity index (χ0n) is 22.0. The smallest absolute Gasteiger partial charge is 0.260 e. The van der Waals surface area contributed by atoms with E-state index in [2.05, 4.69) is 20.0 Å². The van der Waals surface area contributed by atoms with E-state index >= 15 is 0 Å². The Morgan fingerprint density at radius 3 is 2.70 bits per heavy atom. The van der Waals surface area contributed by atoms with Crippen LogP contribution in [-0.4, -0.2) is 63.0 Å². The van der Waals surface area contributed by atoms with Crippen LogP contribution in [0.1, 0.15) is 62.4 Å². The molecule has 0 aliphatic carbocycles. The number of hydrogen-bond acceptors (Lipinski definition) is 5. The molecule has 0 radical (unpaired) electrons. The third-order valence-electron chi connectivity index (χ3n) is 7.88. The zero-order chi connectivity index (χ0) is 26.1. The van der Waals surface area contributed by atoms with Gasteiger partial charge in [-0.05, 0) is 49.8 Å².